The van der Waals surface area contributed by atoms with Crippen LogP contribution < -0.4 is 14.7 Å². The Morgan fingerprint density at radius 2 is 1.57 bits per heavy atom. The van der Waals surface area contributed by atoms with E-state index in [1.807, 2.05) is 11.0 Å². The number of pyridine rings is 1. The zero-order chi connectivity index (χ0) is 26.2. The van der Waals surface area contributed by atoms with E-state index in [2.05, 4.69) is 42.8 Å². The summed E-state index contributed by atoms with van der Waals surface area (Å²) >= 11 is 0. The molecule has 0 saturated carbocycles. The van der Waals surface area contributed by atoms with Crippen molar-refractivity contribution in [2.45, 2.75) is 52.3 Å². The fourth-order valence-corrected chi connectivity index (χ4v) is 5.02. The van der Waals surface area contributed by atoms with E-state index in [-0.39, 0.29) is 5.82 Å². The van der Waals surface area contributed by atoms with Crippen molar-refractivity contribution in [2.75, 3.05) is 47.4 Å². The van der Waals surface area contributed by atoms with E-state index < -0.39 is 11.7 Å². The highest BCUT2D eigenvalue weighted by Crippen LogP contribution is 2.35. The lowest BCUT2D eigenvalue weighted by Gasteiger charge is -2.37. The van der Waals surface area contributed by atoms with Gasteiger partial charge in [-0.05, 0) is 69.4 Å². The van der Waals surface area contributed by atoms with Crippen LogP contribution in [0.25, 0.3) is 11.4 Å². The number of alkyl halides is 3. The summed E-state index contributed by atoms with van der Waals surface area (Å²) in [7, 11) is 0. The minimum Gasteiger partial charge on any atom is -0.353 e. The third-order valence-corrected chi connectivity index (χ3v) is 7.39. The molecule has 1 atom stereocenters. The molecule has 4 heterocycles. The van der Waals surface area contributed by atoms with Gasteiger partial charge in [0.25, 0.3) is 0 Å². The molecule has 0 bridgehead atoms. The van der Waals surface area contributed by atoms with Gasteiger partial charge in [-0.15, -0.1) is 0 Å². The van der Waals surface area contributed by atoms with Crippen LogP contribution in [0.2, 0.25) is 0 Å². The summed E-state index contributed by atoms with van der Waals surface area (Å²) in [4.78, 5) is 24.6. The number of nitrogens with zero attached hydrogens (tertiary/aromatic N) is 7. The number of benzene rings is 1. The molecule has 10 heteroatoms. The van der Waals surface area contributed by atoms with Crippen LogP contribution in [-0.4, -0.2) is 58.7 Å². The molecule has 2 aliphatic heterocycles. The Labute approximate surface area is 215 Å². The first-order valence-electron chi connectivity index (χ1n) is 12.8. The van der Waals surface area contributed by atoms with Gasteiger partial charge in [0.15, 0.2) is 5.82 Å². The second-order valence-corrected chi connectivity index (χ2v) is 9.94. The van der Waals surface area contributed by atoms with Crippen molar-refractivity contribution in [2.24, 2.45) is 0 Å². The van der Waals surface area contributed by atoms with Crippen molar-refractivity contribution in [3.63, 3.8) is 0 Å². The highest BCUT2D eigenvalue weighted by Gasteiger charge is 2.36. The van der Waals surface area contributed by atoms with Crippen LogP contribution in [0.1, 0.15) is 42.9 Å². The number of halogens is 3. The number of piperazine rings is 1. The van der Waals surface area contributed by atoms with Crippen molar-refractivity contribution < 1.29 is 13.2 Å². The Morgan fingerprint density at radius 1 is 0.838 bits per heavy atom. The Hall–Kier alpha value is -3.43. The number of anilines is 3. The molecule has 2 aliphatic rings. The van der Waals surface area contributed by atoms with Crippen LogP contribution in [0.5, 0.6) is 0 Å². The Kier molecular flexibility index (Phi) is 6.92. The van der Waals surface area contributed by atoms with Crippen molar-refractivity contribution in [1.82, 2.24) is 19.9 Å². The number of hydrogen-bond acceptors (Lipinski definition) is 7. The summed E-state index contributed by atoms with van der Waals surface area (Å²) in [6.45, 7) is 8.98. The fraction of sp³-hybridized carbons (Fsp3) is 0.481. The Morgan fingerprint density at radius 3 is 2.27 bits per heavy atom. The summed E-state index contributed by atoms with van der Waals surface area (Å²) in [6, 6.07) is 8.94. The molecule has 7 nitrogen and oxygen atoms in total. The molecule has 5 rings (SSSR count). The van der Waals surface area contributed by atoms with Gasteiger partial charge in [-0.1, -0.05) is 12.1 Å². The van der Waals surface area contributed by atoms with Crippen molar-refractivity contribution >= 4 is 17.7 Å². The molecular weight excluding hydrogens is 479 g/mol. The SMILES string of the molecule is Cc1ccc(-c2nc(N3CCN(c4ncccc4C(F)(F)F)CC3)nc(N3CCCCC3C)n2)cc1C. The fourth-order valence-electron chi connectivity index (χ4n) is 5.02. The normalized spacial score (nSPS) is 18.9. The van der Waals surface area contributed by atoms with Crippen LogP contribution in [0, 0.1) is 13.8 Å². The Balaban J connectivity index is 1.44. The van der Waals surface area contributed by atoms with E-state index in [0.29, 0.717) is 49.9 Å². The number of aromatic nitrogens is 4. The van der Waals surface area contributed by atoms with Crippen LogP contribution in [0.4, 0.5) is 30.9 Å². The molecule has 0 spiro atoms. The Bertz CT molecular complexity index is 1250. The minimum absolute atomic E-state index is 0.0241. The van der Waals surface area contributed by atoms with Gasteiger partial charge < -0.3 is 14.7 Å². The standard InChI is InChI=1S/C27H32F3N7/c1-18-9-10-21(17-19(18)2)23-32-25(34-26(33-23)37-12-5-4-7-20(37)3)36-15-13-35(14-16-36)24-22(27(28,29)30)8-6-11-31-24/h6,8-11,17,20H,4-5,7,12-16H2,1-3H3. The third-order valence-electron chi connectivity index (χ3n) is 7.39. The summed E-state index contributed by atoms with van der Waals surface area (Å²) in [6.07, 6.45) is 0.328. The zero-order valence-electron chi connectivity index (χ0n) is 21.5. The van der Waals surface area contributed by atoms with Gasteiger partial charge in [-0.25, -0.2) is 4.98 Å². The number of hydrogen-bond donors (Lipinski definition) is 0. The van der Waals surface area contributed by atoms with Gasteiger partial charge >= 0.3 is 6.18 Å². The number of aryl methyl sites for hydroxylation is 2. The minimum atomic E-state index is -4.45. The van der Waals surface area contributed by atoms with E-state index in [0.717, 1.165) is 36.6 Å². The third kappa shape index (κ3) is 5.33. The molecule has 2 aromatic heterocycles. The first kappa shape index (κ1) is 25.2. The zero-order valence-corrected chi connectivity index (χ0v) is 21.5. The topological polar surface area (TPSA) is 61.3 Å². The molecular formula is C27H32F3N7. The molecule has 37 heavy (non-hydrogen) atoms. The van der Waals surface area contributed by atoms with Crippen molar-refractivity contribution in [3.8, 4) is 11.4 Å². The first-order valence-corrected chi connectivity index (χ1v) is 12.8. The average Bonchev–Trinajstić information content (AvgIpc) is 2.90. The van der Waals surface area contributed by atoms with Gasteiger partial charge in [0, 0.05) is 50.5 Å². The smallest absolute Gasteiger partial charge is 0.353 e. The number of piperidine rings is 1. The average molecular weight is 512 g/mol. The largest absolute Gasteiger partial charge is 0.419 e. The van der Waals surface area contributed by atoms with Gasteiger partial charge in [0.2, 0.25) is 11.9 Å². The van der Waals surface area contributed by atoms with Gasteiger partial charge in [0.1, 0.15) is 5.82 Å². The highest BCUT2D eigenvalue weighted by atomic mass is 19.4. The van der Waals surface area contributed by atoms with Crippen LogP contribution >= 0.6 is 0 Å². The van der Waals surface area contributed by atoms with E-state index in [1.54, 1.807) is 4.90 Å². The maximum atomic E-state index is 13.5. The molecule has 2 saturated heterocycles. The van der Waals surface area contributed by atoms with Gasteiger partial charge in [0.05, 0.1) is 5.56 Å². The summed E-state index contributed by atoms with van der Waals surface area (Å²) in [5.74, 6) is 1.82. The second kappa shape index (κ2) is 10.1. The van der Waals surface area contributed by atoms with Gasteiger partial charge in [-0.2, -0.15) is 28.1 Å². The predicted octanol–water partition coefficient (Wildman–Crippen LogP) is 5.27. The molecule has 1 unspecified atom stereocenters. The van der Waals surface area contributed by atoms with E-state index in [1.165, 1.54) is 24.2 Å². The molecule has 2 fully saturated rings. The lowest BCUT2D eigenvalue weighted by atomic mass is 10.0. The maximum absolute atomic E-state index is 13.5. The molecule has 196 valence electrons. The summed E-state index contributed by atoms with van der Waals surface area (Å²) in [5.41, 5.74) is 2.59. The predicted molar refractivity (Wildman–Crippen MR) is 139 cm³/mol. The quantitative estimate of drug-likeness (QED) is 0.473. The van der Waals surface area contributed by atoms with E-state index in [4.69, 9.17) is 15.0 Å². The van der Waals surface area contributed by atoms with Crippen molar-refractivity contribution in [3.05, 3.63) is 53.2 Å². The second-order valence-electron chi connectivity index (χ2n) is 9.94. The van der Waals surface area contributed by atoms with Gasteiger partial charge in [-0.3, -0.25) is 0 Å². The number of rotatable bonds is 4. The molecule has 0 aliphatic carbocycles. The molecule has 0 amide bonds. The molecule has 0 radical (unpaired) electrons. The monoisotopic (exact) mass is 511 g/mol. The van der Waals surface area contributed by atoms with E-state index in [9.17, 15) is 13.2 Å². The first-order chi connectivity index (χ1) is 17.7. The van der Waals surface area contributed by atoms with Crippen LogP contribution in [0.3, 0.4) is 0 Å². The molecule has 1 aromatic carbocycles. The highest BCUT2D eigenvalue weighted by molar-refractivity contribution is 5.61. The summed E-state index contributed by atoms with van der Waals surface area (Å²) in [5, 5.41) is 0. The van der Waals surface area contributed by atoms with Crippen LogP contribution in [-0.2, 0) is 6.18 Å². The van der Waals surface area contributed by atoms with Crippen molar-refractivity contribution in [1.29, 1.82) is 0 Å². The lowest BCUT2D eigenvalue weighted by Crippen LogP contribution is -2.48. The summed E-state index contributed by atoms with van der Waals surface area (Å²) < 4.78 is 40.6. The lowest BCUT2D eigenvalue weighted by molar-refractivity contribution is -0.137. The maximum Gasteiger partial charge on any atom is 0.419 e. The molecule has 3 aromatic rings. The van der Waals surface area contributed by atoms with Crippen LogP contribution in [0.15, 0.2) is 36.5 Å². The molecule has 0 N–H and O–H groups in total. The van der Waals surface area contributed by atoms with E-state index >= 15 is 0 Å².